The van der Waals surface area contributed by atoms with Crippen LogP contribution >= 0.6 is 0 Å². The number of hydrogen-bond donors (Lipinski definition) is 0. The van der Waals surface area contributed by atoms with Gasteiger partial charge in [-0.2, -0.15) is 13.2 Å². The average molecular weight is 180 g/mol. The standard InChI is InChI=1S/C9H15F3/c1-7(9(10,11)12)5-6-8(2,3)4/h1,5-6H2,2-4H3. The fraction of sp³-hybridized carbons (Fsp3) is 0.778. The summed E-state index contributed by atoms with van der Waals surface area (Å²) >= 11 is 0. The van der Waals surface area contributed by atoms with Gasteiger partial charge < -0.3 is 0 Å². The largest absolute Gasteiger partial charge is 0.412 e. The molecule has 0 aromatic rings. The number of alkyl halides is 3. The first-order valence-corrected chi connectivity index (χ1v) is 3.88. The second kappa shape index (κ2) is 3.50. The van der Waals surface area contributed by atoms with Gasteiger partial charge in [-0.1, -0.05) is 27.4 Å². The van der Waals surface area contributed by atoms with Crippen molar-refractivity contribution in [3.05, 3.63) is 12.2 Å². The van der Waals surface area contributed by atoms with E-state index in [4.69, 9.17) is 0 Å². The summed E-state index contributed by atoms with van der Waals surface area (Å²) in [5.74, 6) is 0. The lowest BCUT2D eigenvalue weighted by Crippen LogP contribution is -2.13. The molecule has 12 heavy (non-hydrogen) atoms. The van der Waals surface area contributed by atoms with Crippen molar-refractivity contribution in [3.63, 3.8) is 0 Å². The minimum atomic E-state index is -4.22. The SMILES string of the molecule is C=C(CCC(C)(C)C)C(F)(F)F. The van der Waals surface area contributed by atoms with E-state index in [-0.39, 0.29) is 11.8 Å². The predicted molar refractivity (Wildman–Crippen MR) is 43.9 cm³/mol. The molecule has 0 aromatic heterocycles. The van der Waals surface area contributed by atoms with Gasteiger partial charge in [0.05, 0.1) is 0 Å². The van der Waals surface area contributed by atoms with Crippen LogP contribution in [0.5, 0.6) is 0 Å². The van der Waals surface area contributed by atoms with E-state index in [0.717, 1.165) is 0 Å². The number of allylic oxidation sites excluding steroid dienone is 1. The van der Waals surface area contributed by atoms with E-state index in [0.29, 0.717) is 6.42 Å². The molecule has 0 aliphatic carbocycles. The van der Waals surface area contributed by atoms with Gasteiger partial charge >= 0.3 is 6.18 Å². The lowest BCUT2D eigenvalue weighted by Gasteiger charge is -2.19. The molecular weight excluding hydrogens is 165 g/mol. The van der Waals surface area contributed by atoms with Crippen molar-refractivity contribution >= 4 is 0 Å². The zero-order valence-corrected chi connectivity index (χ0v) is 7.76. The highest BCUT2D eigenvalue weighted by Gasteiger charge is 2.31. The van der Waals surface area contributed by atoms with E-state index in [1.165, 1.54) is 0 Å². The molecule has 0 nitrogen and oxygen atoms in total. The molecule has 0 unspecified atom stereocenters. The lowest BCUT2D eigenvalue weighted by molar-refractivity contribution is -0.0942. The topological polar surface area (TPSA) is 0 Å². The second-order valence-corrected chi connectivity index (χ2v) is 4.16. The van der Waals surface area contributed by atoms with Gasteiger partial charge in [-0.3, -0.25) is 0 Å². The maximum atomic E-state index is 11.9. The van der Waals surface area contributed by atoms with Crippen LogP contribution in [0.1, 0.15) is 33.6 Å². The molecule has 0 bridgehead atoms. The molecule has 0 rings (SSSR count). The lowest BCUT2D eigenvalue weighted by atomic mass is 9.89. The molecular formula is C9H15F3. The van der Waals surface area contributed by atoms with Crippen LogP contribution in [0.25, 0.3) is 0 Å². The van der Waals surface area contributed by atoms with Crippen LogP contribution in [0, 0.1) is 5.41 Å². The van der Waals surface area contributed by atoms with Gasteiger partial charge in [0.15, 0.2) is 0 Å². The van der Waals surface area contributed by atoms with Gasteiger partial charge in [0, 0.05) is 5.57 Å². The van der Waals surface area contributed by atoms with Crippen LogP contribution in [0.15, 0.2) is 12.2 Å². The Balaban J connectivity index is 3.90. The second-order valence-electron chi connectivity index (χ2n) is 4.16. The van der Waals surface area contributed by atoms with E-state index < -0.39 is 11.7 Å². The summed E-state index contributed by atoms with van der Waals surface area (Å²) < 4.78 is 35.8. The fourth-order valence-electron chi connectivity index (χ4n) is 0.668. The summed E-state index contributed by atoms with van der Waals surface area (Å²) in [5, 5.41) is 0. The molecule has 0 spiro atoms. The molecule has 0 atom stereocenters. The van der Waals surface area contributed by atoms with Crippen molar-refractivity contribution in [1.29, 1.82) is 0 Å². The van der Waals surface area contributed by atoms with E-state index in [9.17, 15) is 13.2 Å². The molecule has 0 saturated heterocycles. The normalized spacial score (nSPS) is 13.2. The summed E-state index contributed by atoms with van der Waals surface area (Å²) in [5.41, 5.74) is -0.689. The van der Waals surface area contributed by atoms with Crippen molar-refractivity contribution in [1.82, 2.24) is 0 Å². The minimum Gasteiger partial charge on any atom is -0.167 e. The van der Waals surface area contributed by atoms with Gasteiger partial charge in [-0.05, 0) is 18.3 Å². The molecule has 0 aliphatic rings. The van der Waals surface area contributed by atoms with E-state index in [1.54, 1.807) is 0 Å². The Kier molecular flexibility index (Phi) is 3.36. The molecule has 3 heteroatoms. The van der Waals surface area contributed by atoms with Gasteiger partial charge in [0.1, 0.15) is 0 Å². The summed E-state index contributed by atoms with van der Waals surface area (Å²) in [6.45, 7) is 8.74. The Morgan fingerprint density at radius 1 is 1.17 bits per heavy atom. The molecule has 0 saturated carbocycles. The maximum absolute atomic E-state index is 11.9. The molecule has 0 heterocycles. The molecule has 72 valence electrons. The summed E-state index contributed by atoms with van der Waals surface area (Å²) in [7, 11) is 0. The van der Waals surface area contributed by atoms with Gasteiger partial charge in [-0.15, -0.1) is 0 Å². The van der Waals surface area contributed by atoms with Crippen molar-refractivity contribution in [2.75, 3.05) is 0 Å². The quantitative estimate of drug-likeness (QED) is 0.565. The monoisotopic (exact) mass is 180 g/mol. The van der Waals surface area contributed by atoms with Crippen LogP contribution in [0.2, 0.25) is 0 Å². The third-order valence-corrected chi connectivity index (χ3v) is 1.58. The molecule has 0 radical (unpaired) electrons. The van der Waals surface area contributed by atoms with Crippen molar-refractivity contribution in [2.24, 2.45) is 5.41 Å². The van der Waals surface area contributed by atoms with Crippen molar-refractivity contribution in [2.45, 2.75) is 39.8 Å². The first kappa shape index (κ1) is 11.5. The third kappa shape index (κ3) is 5.22. The molecule has 0 aliphatic heterocycles. The predicted octanol–water partition coefficient (Wildman–Crippen LogP) is 3.93. The van der Waals surface area contributed by atoms with Crippen molar-refractivity contribution < 1.29 is 13.2 Å². The Bertz CT molecular complexity index is 160. The van der Waals surface area contributed by atoms with E-state index in [2.05, 4.69) is 6.58 Å². The third-order valence-electron chi connectivity index (χ3n) is 1.58. The highest BCUT2D eigenvalue weighted by atomic mass is 19.4. The first-order chi connectivity index (χ1) is 5.13. The molecule has 0 fully saturated rings. The maximum Gasteiger partial charge on any atom is 0.412 e. The minimum absolute atomic E-state index is 0.0347. The highest BCUT2D eigenvalue weighted by molar-refractivity contribution is 5.02. The summed E-state index contributed by atoms with van der Waals surface area (Å²) in [6, 6.07) is 0. The molecule has 0 N–H and O–H groups in total. The van der Waals surface area contributed by atoms with Crippen LogP contribution < -0.4 is 0 Å². The molecule has 0 amide bonds. The zero-order valence-electron chi connectivity index (χ0n) is 7.76. The first-order valence-electron chi connectivity index (χ1n) is 3.88. The highest BCUT2D eigenvalue weighted by Crippen LogP contribution is 2.31. The summed E-state index contributed by atoms with van der Waals surface area (Å²) in [6.07, 6.45) is -3.66. The Labute approximate surface area is 71.5 Å². The molecule has 0 aromatic carbocycles. The average Bonchev–Trinajstić information content (AvgIpc) is 1.78. The number of hydrogen-bond acceptors (Lipinski definition) is 0. The van der Waals surface area contributed by atoms with Gasteiger partial charge in [0.25, 0.3) is 0 Å². The van der Waals surface area contributed by atoms with Crippen molar-refractivity contribution in [3.8, 4) is 0 Å². The van der Waals surface area contributed by atoms with Gasteiger partial charge in [0.2, 0.25) is 0 Å². The number of rotatable bonds is 2. The van der Waals surface area contributed by atoms with E-state index in [1.807, 2.05) is 20.8 Å². The Morgan fingerprint density at radius 3 is 1.83 bits per heavy atom. The van der Waals surface area contributed by atoms with Crippen LogP contribution in [-0.4, -0.2) is 6.18 Å². The zero-order chi connectivity index (χ0) is 9.99. The van der Waals surface area contributed by atoms with Crippen LogP contribution in [-0.2, 0) is 0 Å². The van der Waals surface area contributed by atoms with Crippen LogP contribution in [0.4, 0.5) is 13.2 Å². The number of halogens is 3. The Morgan fingerprint density at radius 2 is 1.58 bits per heavy atom. The fourth-order valence-corrected chi connectivity index (χ4v) is 0.668. The Hall–Kier alpha value is -0.470. The van der Waals surface area contributed by atoms with Gasteiger partial charge in [-0.25, -0.2) is 0 Å². The smallest absolute Gasteiger partial charge is 0.167 e. The van der Waals surface area contributed by atoms with Crippen LogP contribution in [0.3, 0.4) is 0 Å². The van der Waals surface area contributed by atoms with E-state index >= 15 is 0 Å². The summed E-state index contributed by atoms with van der Waals surface area (Å²) in [4.78, 5) is 0.